The van der Waals surface area contributed by atoms with Crippen molar-refractivity contribution in [1.29, 1.82) is 0 Å². The maximum atomic E-state index is 6.04. The van der Waals surface area contributed by atoms with Crippen LogP contribution in [0.5, 0.6) is 0 Å². The Bertz CT molecular complexity index is 345. The Hall–Kier alpha value is 0.780. The van der Waals surface area contributed by atoms with Crippen LogP contribution in [-0.4, -0.2) is 10.7 Å². The fourth-order valence-corrected chi connectivity index (χ4v) is 3.37. The Morgan fingerprint density at radius 3 is 2.21 bits per heavy atom. The van der Waals surface area contributed by atoms with Crippen LogP contribution in [0.25, 0.3) is 0 Å². The number of aromatic nitrogens is 1. The molecule has 76 valence electrons. The molecule has 0 radical (unpaired) electrons. The van der Waals surface area contributed by atoms with Crippen LogP contribution in [0, 0.1) is 0 Å². The highest BCUT2D eigenvalue weighted by Gasteiger charge is 2.14. The Kier molecular flexibility index (Phi) is 5.28. The Morgan fingerprint density at radius 2 is 1.79 bits per heavy atom. The molecule has 0 aliphatic carbocycles. The van der Waals surface area contributed by atoms with Crippen molar-refractivity contribution in [2.45, 2.75) is 4.90 Å². The van der Waals surface area contributed by atoms with Gasteiger partial charge in [-0.25, -0.2) is 4.98 Å². The van der Waals surface area contributed by atoms with Crippen LogP contribution in [0.2, 0.25) is 10.0 Å². The second kappa shape index (κ2) is 5.75. The summed E-state index contributed by atoms with van der Waals surface area (Å²) in [7, 11) is 0. The van der Waals surface area contributed by atoms with Crippen molar-refractivity contribution in [3.05, 3.63) is 31.9 Å². The fraction of sp³-hybridized carbons (Fsp3) is 0.125. The summed E-state index contributed by atoms with van der Waals surface area (Å²) in [4.78, 5) is 4.88. The van der Waals surface area contributed by atoms with E-state index in [-0.39, 0.29) is 0 Å². The molecule has 0 saturated carbocycles. The highest BCUT2D eigenvalue weighted by Crippen LogP contribution is 2.40. The van der Waals surface area contributed by atoms with Gasteiger partial charge in [-0.2, -0.15) is 0 Å². The van der Waals surface area contributed by atoms with Gasteiger partial charge in [0.2, 0.25) is 0 Å². The molecule has 0 aliphatic rings. The van der Waals surface area contributed by atoms with E-state index in [0.29, 0.717) is 19.3 Å². The van der Waals surface area contributed by atoms with Crippen LogP contribution in [0.15, 0.2) is 26.8 Å². The first-order valence-electron chi connectivity index (χ1n) is 3.51. The Morgan fingerprint density at radius 1 is 1.29 bits per heavy atom. The number of halogens is 4. The average Bonchev–Trinajstić information content (AvgIpc) is 2.15. The lowest BCUT2D eigenvalue weighted by molar-refractivity contribution is 1.18. The molecule has 1 nitrogen and oxygen atoms in total. The summed E-state index contributed by atoms with van der Waals surface area (Å²) in [6.07, 6.45) is 1.79. The van der Waals surface area contributed by atoms with E-state index in [4.69, 9.17) is 23.2 Å². The lowest BCUT2D eigenvalue weighted by atomic mass is 10.5. The first-order valence-corrected chi connectivity index (χ1v) is 6.84. The summed E-state index contributed by atoms with van der Waals surface area (Å²) in [5, 5.41) is 1.06. The molecule has 0 amide bonds. The second-order valence-corrected chi connectivity index (χ2v) is 5.54. The van der Waals surface area contributed by atoms with Gasteiger partial charge in [0.1, 0.15) is 9.21 Å². The molecule has 14 heavy (non-hydrogen) atoms. The molecule has 0 aliphatic heterocycles. The molecule has 0 N–H and O–H groups in total. The van der Waals surface area contributed by atoms with Gasteiger partial charge in [0.25, 0.3) is 0 Å². The smallest absolute Gasteiger partial charge is 0.127 e. The maximum absolute atomic E-state index is 6.04. The van der Waals surface area contributed by atoms with Crippen molar-refractivity contribution < 1.29 is 0 Å². The van der Waals surface area contributed by atoms with E-state index in [0.717, 1.165) is 10.6 Å². The largest absolute Gasteiger partial charge is 0.231 e. The molecule has 0 saturated heterocycles. The second-order valence-electron chi connectivity index (χ2n) is 2.25. The predicted octanol–water partition coefficient (Wildman–Crippen LogP) is 5.19. The third-order valence-corrected chi connectivity index (χ3v) is 4.97. The molecule has 0 spiro atoms. The van der Waals surface area contributed by atoms with Gasteiger partial charge in [0.05, 0.1) is 14.9 Å². The molecule has 1 rings (SSSR count). The van der Waals surface area contributed by atoms with E-state index in [1.807, 2.05) is 0 Å². The van der Waals surface area contributed by atoms with Gasteiger partial charge in [-0.05, 0) is 31.9 Å². The van der Waals surface area contributed by atoms with Crippen molar-refractivity contribution in [2.75, 3.05) is 5.75 Å². The molecule has 6 heteroatoms. The molecule has 1 aromatic heterocycles. The fourth-order valence-electron chi connectivity index (χ4n) is 0.737. The van der Waals surface area contributed by atoms with Crippen LogP contribution in [0.1, 0.15) is 0 Å². The normalized spacial score (nSPS) is 10.3. The average molecular weight is 378 g/mol. The first-order chi connectivity index (χ1) is 6.57. The minimum Gasteiger partial charge on any atom is -0.231 e. The van der Waals surface area contributed by atoms with Gasteiger partial charge in [0, 0.05) is 5.75 Å². The quantitative estimate of drug-likeness (QED) is 0.408. The summed E-state index contributed by atoms with van der Waals surface area (Å²) in [6, 6.07) is 0. The highest BCUT2D eigenvalue weighted by molar-refractivity contribution is 9.11. The molecule has 0 atom stereocenters. The van der Waals surface area contributed by atoms with Gasteiger partial charge in [-0.15, -0.1) is 18.3 Å². The van der Waals surface area contributed by atoms with E-state index in [2.05, 4.69) is 43.4 Å². The number of hydrogen-bond donors (Lipinski definition) is 0. The zero-order valence-corrected chi connectivity index (χ0v) is 12.4. The van der Waals surface area contributed by atoms with Crippen molar-refractivity contribution >= 4 is 66.8 Å². The summed E-state index contributed by atoms with van der Waals surface area (Å²) in [5.41, 5.74) is 0. The van der Waals surface area contributed by atoms with Gasteiger partial charge in [0.15, 0.2) is 0 Å². The van der Waals surface area contributed by atoms with Crippen molar-refractivity contribution in [3.8, 4) is 0 Å². The maximum Gasteiger partial charge on any atom is 0.127 e. The Balaban J connectivity index is 3.17. The van der Waals surface area contributed by atoms with E-state index in [1.54, 1.807) is 6.08 Å². The van der Waals surface area contributed by atoms with E-state index >= 15 is 0 Å². The third kappa shape index (κ3) is 2.89. The van der Waals surface area contributed by atoms with Crippen molar-refractivity contribution in [3.63, 3.8) is 0 Å². The minimum atomic E-state index is 0.532. The summed E-state index contributed by atoms with van der Waals surface area (Å²) in [6.45, 7) is 3.63. The topological polar surface area (TPSA) is 12.9 Å². The lowest BCUT2D eigenvalue weighted by Crippen LogP contribution is -1.87. The van der Waals surface area contributed by atoms with Gasteiger partial charge in [-0.1, -0.05) is 29.3 Å². The molecular weight excluding hydrogens is 373 g/mol. The summed E-state index contributed by atoms with van der Waals surface area (Å²) < 4.78 is 1.17. The SMILES string of the molecule is C=CCSc1c(Cl)c(Br)nc(Br)c1Cl. The standard InChI is InChI=1S/C8H5Br2Cl2NS/c1-2-3-14-6-4(11)7(9)13-8(10)5(6)12/h2H,1,3H2. The van der Waals surface area contributed by atoms with Crippen LogP contribution in [-0.2, 0) is 0 Å². The number of nitrogens with zero attached hydrogens (tertiary/aromatic N) is 1. The van der Waals surface area contributed by atoms with Crippen molar-refractivity contribution in [1.82, 2.24) is 4.98 Å². The third-order valence-electron chi connectivity index (χ3n) is 1.30. The molecule has 1 aromatic rings. The van der Waals surface area contributed by atoms with Gasteiger partial charge >= 0.3 is 0 Å². The zero-order chi connectivity index (χ0) is 10.7. The highest BCUT2D eigenvalue weighted by atomic mass is 79.9. The van der Waals surface area contributed by atoms with E-state index < -0.39 is 0 Å². The Labute approximate surface area is 114 Å². The minimum absolute atomic E-state index is 0.532. The van der Waals surface area contributed by atoms with Crippen molar-refractivity contribution in [2.24, 2.45) is 0 Å². The van der Waals surface area contributed by atoms with E-state index in [9.17, 15) is 0 Å². The molecule has 0 bridgehead atoms. The van der Waals surface area contributed by atoms with Crippen LogP contribution in [0.3, 0.4) is 0 Å². The molecule has 0 fully saturated rings. The number of hydrogen-bond acceptors (Lipinski definition) is 2. The molecule has 0 aromatic carbocycles. The van der Waals surface area contributed by atoms with E-state index in [1.165, 1.54) is 11.8 Å². The zero-order valence-electron chi connectivity index (χ0n) is 6.86. The van der Waals surface area contributed by atoms with Crippen LogP contribution >= 0.6 is 66.8 Å². The molecule has 0 unspecified atom stereocenters. The lowest BCUT2D eigenvalue weighted by Gasteiger charge is -2.07. The number of pyridine rings is 1. The monoisotopic (exact) mass is 375 g/mol. The van der Waals surface area contributed by atoms with Crippen LogP contribution < -0.4 is 0 Å². The number of rotatable bonds is 3. The summed E-state index contributed by atoms with van der Waals surface area (Å²) in [5.74, 6) is 0.752. The predicted molar refractivity (Wildman–Crippen MR) is 70.6 cm³/mol. The molecule has 1 heterocycles. The first kappa shape index (κ1) is 12.8. The van der Waals surface area contributed by atoms with Crippen LogP contribution in [0.4, 0.5) is 0 Å². The van der Waals surface area contributed by atoms with Gasteiger partial charge < -0.3 is 0 Å². The summed E-state index contributed by atoms with van der Waals surface area (Å²) >= 11 is 20.1. The molecular formula is C8H5Br2Cl2NS. The number of thioether (sulfide) groups is 1. The van der Waals surface area contributed by atoms with Gasteiger partial charge in [-0.3, -0.25) is 0 Å².